The van der Waals surface area contributed by atoms with Gasteiger partial charge in [-0.1, -0.05) is 36.8 Å². The third-order valence-electron chi connectivity index (χ3n) is 4.12. The molecule has 112 valence electrons. The van der Waals surface area contributed by atoms with Crippen LogP contribution in [-0.2, 0) is 11.2 Å². The number of rotatable bonds is 8. The molecule has 3 heteroatoms. The van der Waals surface area contributed by atoms with Gasteiger partial charge in [0, 0.05) is 12.6 Å². The number of likely N-dealkylation sites (tertiary alicyclic amines) is 1. The molecule has 3 nitrogen and oxygen atoms in total. The lowest BCUT2D eigenvalue weighted by atomic mass is 9.96. The van der Waals surface area contributed by atoms with Crippen LogP contribution in [0.5, 0.6) is 0 Å². The van der Waals surface area contributed by atoms with Crippen molar-refractivity contribution < 1.29 is 9.84 Å². The predicted octanol–water partition coefficient (Wildman–Crippen LogP) is 2.48. The molecule has 1 fully saturated rings. The topological polar surface area (TPSA) is 32.7 Å². The summed E-state index contributed by atoms with van der Waals surface area (Å²) in [6, 6.07) is 11.5. The van der Waals surface area contributed by atoms with E-state index in [9.17, 15) is 0 Å². The first kappa shape index (κ1) is 15.5. The summed E-state index contributed by atoms with van der Waals surface area (Å²) in [7, 11) is 0. The highest BCUT2D eigenvalue weighted by Gasteiger charge is 2.21. The predicted molar refractivity (Wildman–Crippen MR) is 81.9 cm³/mol. The van der Waals surface area contributed by atoms with E-state index in [0.29, 0.717) is 12.6 Å². The molecule has 0 bridgehead atoms. The first-order chi connectivity index (χ1) is 9.90. The fraction of sp³-hybridized carbons (Fsp3) is 0.647. The third-order valence-corrected chi connectivity index (χ3v) is 4.12. The monoisotopic (exact) mass is 277 g/mol. The molecular formula is C17H27NO2. The molecule has 1 aromatic rings. The fourth-order valence-corrected chi connectivity index (χ4v) is 3.01. The van der Waals surface area contributed by atoms with Gasteiger partial charge in [0.05, 0.1) is 19.8 Å². The van der Waals surface area contributed by atoms with Crippen LogP contribution < -0.4 is 0 Å². The van der Waals surface area contributed by atoms with Crippen molar-refractivity contribution >= 4 is 0 Å². The average molecular weight is 277 g/mol. The molecule has 0 aliphatic carbocycles. The third kappa shape index (κ3) is 5.23. The maximum absolute atomic E-state index is 8.73. The molecule has 1 aliphatic heterocycles. The summed E-state index contributed by atoms with van der Waals surface area (Å²) < 4.78 is 5.40. The lowest BCUT2D eigenvalue weighted by molar-refractivity contribution is 0.0517. The summed E-state index contributed by atoms with van der Waals surface area (Å²) in [6.45, 7) is 3.52. The first-order valence-electron chi connectivity index (χ1n) is 7.86. The summed E-state index contributed by atoms with van der Waals surface area (Å²) in [4.78, 5) is 2.57. The number of aryl methyl sites for hydroxylation is 1. The fourth-order valence-electron chi connectivity index (χ4n) is 3.01. The van der Waals surface area contributed by atoms with Crippen LogP contribution in [0.2, 0.25) is 0 Å². The molecule has 0 radical (unpaired) electrons. The van der Waals surface area contributed by atoms with Gasteiger partial charge in [-0.15, -0.1) is 0 Å². The van der Waals surface area contributed by atoms with Crippen LogP contribution in [-0.4, -0.2) is 49.0 Å². The molecule has 0 saturated carbocycles. The Bertz CT molecular complexity index is 355. The van der Waals surface area contributed by atoms with E-state index < -0.39 is 0 Å². The number of benzene rings is 1. The summed E-state index contributed by atoms with van der Waals surface area (Å²) in [5.74, 6) is 0. The second-order valence-corrected chi connectivity index (χ2v) is 5.55. The van der Waals surface area contributed by atoms with Crippen LogP contribution in [0, 0.1) is 0 Å². The second-order valence-electron chi connectivity index (χ2n) is 5.55. The Morgan fingerprint density at radius 2 is 2.00 bits per heavy atom. The normalized spacial score (nSPS) is 20.1. The Morgan fingerprint density at radius 3 is 2.80 bits per heavy atom. The largest absolute Gasteiger partial charge is 0.394 e. The van der Waals surface area contributed by atoms with Gasteiger partial charge in [-0.05, 0) is 37.8 Å². The van der Waals surface area contributed by atoms with E-state index >= 15 is 0 Å². The number of nitrogens with zero attached hydrogens (tertiary/aromatic N) is 1. The van der Waals surface area contributed by atoms with Gasteiger partial charge in [0.1, 0.15) is 0 Å². The second kappa shape index (κ2) is 9.11. The number of ether oxygens (including phenoxy) is 1. The van der Waals surface area contributed by atoms with E-state index in [1.165, 1.54) is 44.2 Å². The molecule has 1 aromatic carbocycles. The van der Waals surface area contributed by atoms with Crippen molar-refractivity contribution in [1.29, 1.82) is 0 Å². The highest BCUT2D eigenvalue weighted by molar-refractivity contribution is 5.14. The van der Waals surface area contributed by atoms with Gasteiger partial charge in [0.25, 0.3) is 0 Å². The van der Waals surface area contributed by atoms with Crippen LogP contribution in [0.15, 0.2) is 30.3 Å². The lowest BCUT2D eigenvalue weighted by Gasteiger charge is -2.35. The van der Waals surface area contributed by atoms with E-state index in [1.54, 1.807) is 0 Å². The van der Waals surface area contributed by atoms with Gasteiger partial charge in [-0.25, -0.2) is 0 Å². The summed E-state index contributed by atoms with van der Waals surface area (Å²) in [5, 5.41) is 8.73. The van der Waals surface area contributed by atoms with Gasteiger partial charge >= 0.3 is 0 Å². The van der Waals surface area contributed by atoms with Crippen molar-refractivity contribution in [2.75, 3.05) is 32.9 Å². The van der Waals surface area contributed by atoms with E-state index in [-0.39, 0.29) is 6.61 Å². The first-order valence-corrected chi connectivity index (χ1v) is 7.86. The SMILES string of the molecule is OCCOCCN1CCCCC1CCc1ccccc1. The quantitative estimate of drug-likeness (QED) is 0.741. The molecule has 2 rings (SSSR count). The zero-order chi connectivity index (χ0) is 14.0. The van der Waals surface area contributed by atoms with E-state index in [0.717, 1.165) is 13.2 Å². The number of hydrogen-bond donors (Lipinski definition) is 1. The standard InChI is InChI=1S/C17H27NO2/c19-13-15-20-14-12-18-11-5-4-8-17(18)10-9-16-6-2-1-3-7-16/h1-3,6-7,17,19H,4-5,8-15H2. The maximum atomic E-state index is 8.73. The number of piperidine rings is 1. The molecule has 0 spiro atoms. The van der Waals surface area contributed by atoms with E-state index in [1.807, 2.05) is 0 Å². The van der Waals surface area contributed by atoms with Crippen molar-refractivity contribution in [1.82, 2.24) is 4.90 Å². The molecule has 0 amide bonds. The Balaban J connectivity index is 1.74. The average Bonchev–Trinajstić information content (AvgIpc) is 2.51. The molecule has 1 aliphatic rings. The molecule has 20 heavy (non-hydrogen) atoms. The number of hydrogen-bond acceptors (Lipinski definition) is 3. The van der Waals surface area contributed by atoms with Gasteiger partial charge in [-0.2, -0.15) is 0 Å². The molecule has 1 unspecified atom stereocenters. The highest BCUT2D eigenvalue weighted by Crippen LogP contribution is 2.21. The van der Waals surface area contributed by atoms with Crippen molar-refractivity contribution in [3.8, 4) is 0 Å². The van der Waals surface area contributed by atoms with Crippen LogP contribution in [0.25, 0.3) is 0 Å². The van der Waals surface area contributed by atoms with Crippen LogP contribution in [0.1, 0.15) is 31.2 Å². The van der Waals surface area contributed by atoms with Gasteiger partial charge in [0.2, 0.25) is 0 Å². The van der Waals surface area contributed by atoms with Gasteiger partial charge < -0.3 is 9.84 Å². The minimum Gasteiger partial charge on any atom is -0.394 e. The maximum Gasteiger partial charge on any atom is 0.0698 e. The highest BCUT2D eigenvalue weighted by atomic mass is 16.5. The molecule has 1 N–H and O–H groups in total. The number of aliphatic hydroxyl groups is 1. The molecule has 1 atom stereocenters. The summed E-state index contributed by atoms with van der Waals surface area (Å²) in [5.41, 5.74) is 1.44. The zero-order valence-corrected chi connectivity index (χ0v) is 12.3. The summed E-state index contributed by atoms with van der Waals surface area (Å²) in [6.07, 6.45) is 6.38. The van der Waals surface area contributed by atoms with Crippen molar-refractivity contribution in [2.24, 2.45) is 0 Å². The molecule has 1 saturated heterocycles. The Morgan fingerprint density at radius 1 is 1.15 bits per heavy atom. The van der Waals surface area contributed by atoms with Crippen LogP contribution >= 0.6 is 0 Å². The van der Waals surface area contributed by atoms with Crippen molar-refractivity contribution in [3.63, 3.8) is 0 Å². The van der Waals surface area contributed by atoms with E-state index in [4.69, 9.17) is 9.84 Å². The Kier molecular flexibility index (Phi) is 7.06. The molecular weight excluding hydrogens is 250 g/mol. The van der Waals surface area contributed by atoms with Crippen LogP contribution in [0.3, 0.4) is 0 Å². The van der Waals surface area contributed by atoms with Gasteiger partial charge in [-0.3, -0.25) is 4.90 Å². The smallest absolute Gasteiger partial charge is 0.0698 e. The Hall–Kier alpha value is -0.900. The molecule has 0 aromatic heterocycles. The Labute approximate surface area is 122 Å². The zero-order valence-electron chi connectivity index (χ0n) is 12.3. The van der Waals surface area contributed by atoms with Crippen LogP contribution in [0.4, 0.5) is 0 Å². The summed E-state index contributed by atoms with van der Waals surface area (Å²) >= 11 is 0. The number of aliphatic hydroxyl groups excluding tert-OH is 1. The molecule has 1 heterocycles. The van der Waals surface area contributed by atoms with E-state index in [2.05, 4.69) is 35.2 Å². The van der Waals surface area contributed by atoms with Crippen molar-refractivity contribution in [2.45, 2.75) is 38.1 Å². The minimum absolute atomic E-state index is 0.122. The van der Waals surface area contributed by atoms with Gasteiger partial charge in [0.15, 0.2) is 0 Å². The minimum atomic E-state index is 0.122. The lowest BCUT2D eigenvalue weighted by Crippen LogP contribution is -2.41. The van der Waals surface area contributed by atoms with Crippen molar-refractivity contribution in [3.05, 3.63) is 35.9 Å².